The molecule has 0 radical (unpaired) electrons. The Morgan fingerprint density at radius 3 is 2.78 bits per heavy atom. The molecule has 2 saturated heterocycles. The topological polar surface area (TPSA) is 24.5 Å². The highest BCUT2D eigenvalue weighted by Crippen LogP contribution is 2.22. The Hall–Kier alpha value is -0.190. The van der Waals surface area contributed by atoms with E-state index < -0.39 is 6.17 Å². The molecule has 0 amide bonds. The van der Waals surface area contributed by atoms with Gasteiger partial charge in [-0.15, -0.1) is 0 Å². The molecule has 2 fully saturated rings. The molecule has 106 valence electrons. The number of ether oxygens (including phenoxy) is 1. The lowest BCUT2D eigenvalue weighted by molar-refractivity contribution is 0.0597. The van der Waals surface area contributed by atoms with Gasteiger partial charge in [-0.2, -0.15) is 0 Å². The Balaban J connectivity index is 1.82. The molecule has 2 aliphatic heterocycles. The second-order valence-corrected chi connectivity index (χ2v) is 5.92. The minimum absolute atomic E-state index is 0.0447. The lowest BCUT2D eigenvalue weighted by Crippen LogP contribution is -2.54. The van der Waals surface area contributed by atoms with Crippen LogP contribution in [-0.4, -0.2) is 55.5 Å². The van der Waals surface area contributed by atoms with Crippen LogP contribution in [0.25, 0.3) is 0 Å². The summed E-state index contributed by atoms with van der Waals surface area (Å²) < 4.78 is 19.7. The van der Waals surface area contributed by atoms with Crippen LogP contribution in [0.1, 0.15) is 39.5 Å². The molecular weight excluding hydrogens is 231 g/mol. The van der Waals surface area contributed by atoms with Crippen molar-refractivity contribution in [3.63, 3.8) is 0 Å². The summed E-state index contributed by atoms with van der Waals surface area (Å²) in [5, 5.41) is 3.34. The zero-order valence-corrected chi connectivity index (χ0v) is 11.7. The van der Waals surface area contributed by atoms with Crippen molar-refractivity contribution >= 4 is 0 Å². The molecule has 0 aliphatic carbocycles. The fraction of sp³-hybridized carbons (Fsp3) is 1.00. The van der Waals surface area contributed by atoms with Gasteiger partial charge in [0.1, 0.15) is 6.17 Å². The van der Waals surface area contributed by atoms with Crippen molar-refractivity contribution in [3.05, 3.63) is 0 Å². The largest absolute Gasteiger partial charge is 0.381 e. The van der Waals surface area contributed by atoms with Gasteiger partial charge in [0, 0.05) is 44.4 Å². The highest BCUT2D eigenvalue weighted by atomic mass is 19.1. The summed E-state index contributed by atoms with van der Waals surface area (Å²) in [4.78, 5) is 2.35. The first-order valence-corrected chi connectivity index (χ1v) is 7.38. The summed E-state index contributed by atoms with van der Waals surface area (Å²) in [6.45, 7) is 7.50. The standard InChI is InChI=1S/C14H27FN2O/c1-11(2)16-14-5-7-17(10-13(14)15)12-4-3-8-18-9-6-12/h11-14,16H,3-10H2,1-2H3. The summed E-state index contributed by atoms with van der Waals surface area (Å²) in [7, 11) is 0. The predicted octanol–water partition coefficient (Wildman–Crippen LogP) is 1.97. The Labute approximate surface area is 110 Å². The summed E-state index contributed by atoms with van der Waals surface area (Å²) in [5.74, 6) is 0. The number of nitrogens with one attached hydrogen (secondary N) is 1. The van der Waals surface area contributed by atoms with E-state index in [9.17, 15) is 4.39 Å². The van der Waals surface area contributed by atoms with Gasteiger partial charge in [0.05, 0.1) is 0 Å². The molecule has 0 saturated carbocycles. The number of alkyl halides is 1. The number of likely N-dealkylation sites (tertiary alicyclic amines) is 1. The van der Waals surface area contributed by atoms with Crippen LogP contribution in [0.5, 0.6) is 0 Å². The third kappa shape index (κ3) is 3.90. The maximum atomic E-state index is 14.2. The van der Waals surface area contributed by atoms with Crippen LogP contribution in [-0.2, 0) is 4.74 Å². The molecule has 2 heterocycles. The number of hydrogen-bond donors (Lipinski definition) is 1. The third-order valence-corrected chi connectivity index (χ3v) is 4.06. The SMILES string of the molecule is CC(C)NC1CCN(C2CCCOCC2)CC1F. The molecule has 1 N–H and O–H groups in total. The van der Waals surface area contributed by atoms with Gasteiger partial charge in [0.15, 0.2) is 0 Å². The van der Waals surface area contributed by atoms with E-state index in [1.54, 1.807) is 0 Å². The first-order chi connectivity index (χ1) is 8.66. The van der Waals surface area contributed by atoms with Gasteiger partial charge < -0.3 is 10.1 Å². The minimum Gasteiger partial charge on any atom is -0.381 e. The average Bonchev–Trinajstić information content (AvgIpc) is 2.60. The molecule has 0 spiro atoms. The third-order valence-electron chi connectivity index (χ3n) is 4.06. The van der Waals surface area contributed by atoms with E-state index in [1.165, 1.54) is 0 Å². The number of rotatable bonds is 3. The highest BCUT2D eigenvalue weighted by Gasteiger charge is 2.32. The van der Waals surface area contributed by atoms with Gasteiger partial charge in [0.25, 0.3) is 0 Å². The van der Waals surface area contributed by atoms with Gasteiger partial charge >= 0.3 is 0 Å². The molecule has 3 unspecified atom stereocenters. The molecule has 3 nitrogen and oxygen atoms in total. The quantitative estimate of drug-likeness (QED) is 0.837. The first-order valence-electron chi connectivity index (χ1n) is 7.38. The first kappa shape index (κ1) is 14.2. The van der Waals surface area contributed by atoms with Crippen LogP contribution in [0.4, 0.5) is 4.39 Å². The van der Waals surface area contributed by atoms with Crippen LogP contribution in [0, 0.1) is 0 Å². The van der Waals surface area contributed by atoms with Crippen molar-refractivity contribution in [1.29, 1.82) is 0 Å². The van der Waals surface area contributed by atoms with Crippen LogP contribution in [0.15, 0.2) is 0 Å². The molecule has 2 aliphatic rings. The maximum Gasteiger partial charge on any atom is 0.128 e. The van der Waals surface area contributed by atoms with Crippen LogP contribution in [0.2, 0.25) is 0 Å². The molecule has 0 bridgehead atoms. The summed E-state index contributed by atoms with van der Waals surface area (Å²) in [5.41, 5.74) is 0. The van der Waals surface area contributed by atoms with Crippen molar-refractivity contribution in [3.8, 4) is 0 Å². The van der Waals surface area contributed by atoms with Crippen molar-refractivity contribution in [2.75, 3.05) is 26.3 Å². The maximum absolute atomic E-state index is 14.2. The van der Waals surface area contributed by atoms with Crippen LogP contribution < -0.4 is 5.32 Å². The smallest absolute Gasteiger partial charge is 0.128 e. The molecular formula is C14H27FN2O. The van der Waals surface area contributed by atoms with E-state index in [0.29, 0.717) is 18.6 Å². The molecule has 0 aromatic carbocycles. The normalized spacial score (nSPS) is 35.7. The zero-order valence-electron chi connectivity index (χ0n) is 11.7. The van der Waals surface area contributed by atoms with Gasteiger partial charge in [-0.25, -0.2) is 4.39 Å². The Morgan fingerprint density at radius 1 is 1.22 bits per heavy atom. The minimum atomic E-state index is -0.731. The molecule has 4 heteroatoms. The van der Waals surface area contributed by atoms with Crippen LogP contribution >= 0.6 is 0 Å². The van der Waals surface area contributed by atoms with Gasteiger partial charge in [-0.3, -0.25) is 4.90 Å². The lowest BCUT2D eigenvalue weighted by Gasteiger charge is -2.40. The molecule has 2 rings (SSSR count). The highest BCUT2D eigenvalue weighted by molar-refractivity contribution is 4.89. The van der Waals surface area contributed by atoms with Gasteiger partial charge in [-0.1, -0.05) is 13.8 Å². The van der Waals surface area contributed by atoms with E-state index in [0.717, 1.165) is 45.4 Å². The van der Waals surface area contributed by atoms with Crippen molar-refractivity contribution in [2.24, 2.45) is 0 Å². The van der Waals surface area contributed by atoms with Crippen molar-refractivity contribution < 1.29 is 9.13 Å². The Morgan fingerprint density at radius 2 is 2.06 bits per heavy atom. The number of nitrogens with zero attached hydrogens (tertiary/aromatic N) is 1. The second kappa shape index (κ2) is 6.83. The Bertz CT molecular complexity index is 242. The molecule has 0 aromatic rings. The van der Waals surface area contributed by atoms with E-state index in [4.69, 9.17) is 4.74 Å². The van der Waals surface area contributed by atoms with E-state index in [-0.39, 0.29) is 6.04 Å². The van der Waals surface area contributed by atoms with Crippen molar-refractivity contribution in [2.45, 2.75) is 63.8 Å². The van der Waals surface area contributed by atoms with E-state index in [1.807, 2.05) is 0 Å². The summed E-state index contributed by atoms with van der Waals surface area (Å²) in [6, 6.07) is 0.945. The fourth-order valence-corrected chi connectivity index (χ4v) is 3.13. The van der Waals surface area contributed by atoms with Gasteiger partial charge in [0.2, 0.25) is 0 Å². The molecule has 0 aromatic heterocycles. The van der Waals surface area contributed by atoms with E-state index in [2.05, 4.69) is 24.1 Å². The van der Waals surface area contributed by atoms with Crippen molar-refractivity contribution in [1.82, 2.24) is 10.2 Å². The summed E-state index contributed by atoms with van der Waals surface area (Å²) >= 11 is 0. The van der Waals surface area contributed by atoms with Gasteiger partial charge in [-0.05, 0) is 25.7 Å². The number of piperidine rings is 1. The number of halogens is 1. The summed E-state index contributed by atoms with van der Waals surface area (Å²) in [6.07, 6.45) is 3.54. The Kier molecular flexibility index (Phi) is 5.39. The predicted molar refractivity (Wildman–Crippen MR) is 71.6 cm³/mol. The molecule has 18 heavy (non-hydrogen) atoms. The molecule has 3 atom stereocenters. The zero-order chi connectivity index (χ0) is 13.0. The number of hydrogen-bond acceptors (Lipinski definition) is 3. The lowest BCUT2D eigenvalue weighted by atomic mass is 9.98. The van der Waals surface area contributed by atoms with E-state index >= 15 is 0 Å². The average molecular weight is 258 g/mol. The van der Waals surface area contributed by atoms with Crippen LogP contribution in [0.3, 0.4) is 0 Å². The fourth-order valence-electron chi connectivity index (χ4n) is 3.13. The monoisotopic (exact) mass is 258 g/mol. The second-order valence-electron chi connectivity index (χ2n) is 5.92.